The quantitative estimate of drug-likeness (QED) is 0.599. The largest absolute Gasteiger partial charge is 0.497 e. The molecule has 1 aliphatic carbocycles. The van der Waals surface area contributed by atoms with E-state index in [-0.39, 0.29) is 0 Å². The lowest BCUT2D eigenvalue weighted by atomic mass is 10.2. The Morgan fingerprint density at radius 2 is 1.87 bits per heavy atom. The van der Waals surface area contributed by atoms with Gasteiger partial charge in [-0.2, -0.15) is 0 Å². The van der Waals surface area contributed by atoms with Gasteiger partial charge in [0.2, 0.25) is 0 Å². The fraction of sp³-hybridized carbons (Fsp3) is 0.611. The van der Waals surface area contributed by atoms with Crippen LogP contribution in [0.1, 0.15) is 45.1 Å². The number of rotatable bonds is 7. The van der Waals surface area contributed by atoms with Gasteiger partial charge in [-0.15, -0.1) is 0 Å². The van der Waals surface area contributed by atoms with E-state index < -0.39 is 0 Å². The summed E-state index contributed by atoms with van der Waals surface area (Å²) in [5, 5.41) is 6.48. The van der Waals surface area contributed by atoms with E-state index in [1.54, 1.807) is 7.11 Å². The molecule has 0 unspecified atom stereocenters. The van der Waals surface area contributed by atoms with Gasteiger partial charge in [-0.25, -0.2) is 4.99 Å². The molecule has 5 heteroatoms. The van der Waals surface area contributed by atoms with E-state index in [0.29, 0.717) is 12.6 Å². The Kier molecular flexibility index (Phi) is 7.04. The summed E-state index contributed by atoms with van der Waals surface area (Å²) in [5.41, 5.74) is 1.09. The summed E-state index contributed by atoms with van der Waals surface area (Å²) in [5.74, 6) is 2.55. The molecule has 0 heterocycles. The van der Waals surface area contributed by atoms with E-state index in [2.05, 4.69) is 29.5 Å². The second-order valence-corrected chi connectivity index (χ2v) is 5.72. The topological polar surface area (TPSA) is 54.9 Å². The van der Waals surface area contributed by atoms with Gasteiger partial charge in [-0.05, 0) is 51.7 Å². The zero-order valence-electron chi connectivity index (χ0n) is 14.5. The summed E-state index contributed by atoms with van der Waals surface area (Å²) in [6.45, 7) is 6.41. The average molecular weight is 319 g/mol. The van der Waals surface area contributed by atoms with E-state index in [0.717, 1.165) is 49.0 Å². The van der Waals surface area contributed by atoms with Crippen molar-refractivity contribution < 1.29 is 9.47 Å². The zero-order valence-corrected chi connectivity index (χ0v) is 14.5. The first-order chi connectivity index (χ1) is 11.3. The molecule has 0 spiro atoms. The smallest absolute Gasteiger partial charge is 0.191 e. The predicted octanol–water partition coefficient (Wildman–Crippen LogP) is 3.09. The molecule has 0 bridgehead atoms. The zero-order chi connectivity index (χ0) is 16.5. The lowest BCUT2D eigenvalue weighted by Crippen LogP contribution is -2.37. The summed E-state index contributed by atoms with van der Waals surface area (Å²) in [6, 6.07) is 5.98. The van der Waals surface area contributed by atoms with Crippen LogP contribution in [0.3, 0.4) is 0 Å². The Balaban J connectivity index is 2.13. The number of ether oxygens (including phenoxy) is 2. The molecule has 1 aromatic carbocycles. The van der Waals surface area contributed by atoms with Crippen LogP contribution in [-0.2, 0) is 6.54 Å². The normalized spacial score (nSPS) is 14.4. The van der Waals surface area contributed by atoms with E-state index in [4.69, 9.17) is 9.47 Å². The molecule has 0 aliphatic heterocycles. The Morgan fingerprint density at radius 3 is 2.48 bits per heavy atom. The highest BCUT2D eigenvalue weighted by molar-refractivity contribution is 5.79. The number of nitrogens with zero attached hydrogens (tertiary/aromatic N) is 1. The third-order valence-electron chi connectivity index (χ3n) is 3.97. The number of guanidine groups is 1. The molecule has 1 aliphatic rings. The third-order valence-corrected chi connectivity index (χ3v) is 3.97. The minimum atomic E-state index is 0.326. The molecule has 1 saturated carbocycles. The minimum absolute atomic E-state index is 0.326. The SMILES string of the molecule is CCNC(=NCc1ccc(OC)cc1OC1CCCC1)NCC. The molecule has 2 N–H and O–H groups in total. The van der Waals surface area contributed by atoms with E-state index in [1.165, 1.54) is 12.8 Å². The van der Waals surface area contributed by atoms with Crippen molar-refractivity contribution in [3.05, 3.63) is 23.8 Å². The predicted molar refractivity (Wildman–Crippen MR) is 94.4 cm³/mol. The van der Waals surface area contributed by atoms with Gasteiger partial charge in [0, 0.05) is 24.7 Å². The van der Waals surface area contributed by atoms with Gasteiger partial charge in [-0.1, -0.05) is 0 Å². The molecule has 0 atom stereocenters. The summed E-state index contributed by atoms with van der Waals surface area (Å²) < 4.78 is 11.5. The number of hydrogen-bond acceptors (Lipinski definition) is 3. The number of benzene rings is 1. The second-order valence-electron chi connectivity index (χ2n) is 5.72. The van der Waals surface area contributed by atoms with Crippen LogP contribution in [0.4, 0.5) is 0 Å². The van der Waals surface area contributed by atoms with Crippen molar-refractivity contribution in [3.63, 3.8) is 0 Å². The van der Waals surface area contributed by atoms with Crippen molar-refractivity contribution in [2.75, 3.05) is 20.2 Å². The Bertz CT molecular complexity index is 503. The van der Waals surface area contributed by atoms with Gasteiger partial charge < -0.3 is 20.1 Å². The monoisotopic (exact) mass is 319 g/mol. The number of methoxy groups -OCH3 is 1. The Hall–Kier alpha value is -1.91. The van der Waals surface area contributed by atoms with Crippen LogP contribution < -0.4 is 20.1 Å². The third kappa shape index (κ3) is 5.34. The first-order valence-corrected chi connectivity index (χ1v) is 8.62. The molecule has 0 saturated heterocycles. The van der Waals surface area contributed by atoms with E-state index >= 15 is 0 Å². The van der Waals surface area contributed by atoms with Gasteiger partial charge in [0.25, 0.3) is 0 Å². The molecule has 128 valence electrons. The van der Waals surface area contributed by atoms with Gasteiger partial charge in [-0.3, -0.25) is 0 Å². The molecular formula is C18H29N3O2. The highest BCUT2D eigenvalue weighted by Gasteiger charge is 2.18. The number of hydrogen-bond donors (Lipinski definition) is 2. The highest BCUT2D eigenvalue weighted by Crippen LogP contribution is 2.30. The number of nitrogens with one attached hydrogen (secondary N) is 2. The minimum Gasteiger partial charge on any atom is -0.497 e. The summed E-state index contributed by atoms with van der Waals surface area (Å²) in [6.07, 6.45) is 5.12. The lowest BCUT2D eigenvalue weighted by Gasteiger charge is -2.17. The Labute approximate surface area is 139 Å². The molecule has 0 amide bonds. The molecule has 0 radical (unpaired) electrons. The maximum Gasteiger partial charge on any atom is 0.191 e. The van der Waals surface area contributed by atoms with Crippen LogP contribution in [0.25, 0.3) is 0 Å². The lowest BCUT2D eigenvalue weighted by molar-refractivity contribution is 0.207. The van der Waals surface area contributed by atoms with Crippen molar-refractivity contribution in [3.8, 4) is 11.5 Å². The molecule has 23 heavy (non-hydrogen) atoms. The van der Waals surface area contributed by atoms with Crippen LogP contribution in [0.2, 0.25) is 0 Å². The Morgan fingerprint density at radius 1 is 1.17 bits per heavy atom. The van der Waals surface area contributed by atoms with Crippen molar-refractivity contribution in [2.45, 2.75) is 52.2 Å². The van der Waals surface area contributed by atoms with Gasteiger partial charge in [0.05, 0.1) is 19.8 Å². The van der Waals surface area contributed by atoms with Gasteiger partial charge in [0.15, 0.2) is 5.96 Å². The standard InChI is InChI=1S/C18H29N3O2/c1-4-19-18(20-5-2)21-13-14-10-11-16(22-3)12-17(14)23-15-8-6-7-9-15/h10-12,15H,4-9,13H2,1-3H3,(H2,19,20,21). The van der Waals surface area contributed by atoms with E-state index in [1.807, 2.05) is 18.2 Å². The molecule has 0 aromatic heterocycles. The van der Waals surface area contributed by atoms with Crippen molar-refractivity contribution in [1.29, 1.82) is 0 Å². The average Bonchev–Trinajstić information content (AvgIpc) is 3.07. The summed E-state index contributed by atoms with van der Waals surface area (Å²) in [7, 11) is 1.68. The maximum atomic E-state index is 6.21. The molecular weight excluding hydrogens is 290 g/mol. The molecule has 2 rings (SSSR count). The van der Waals surface area contributed by atoms with Crippen molar-refractivity contribution in [2.24, 2.45) is 4.99 Å². The maximum absolute atomic E-state index is 6.21. The second kappa shape index (κ2) is 9.28. The van der Waals surface area contributed by atoms with Crippen LogP contribution in [0, 0.1) is 0 Å². The van der Waals surface area contributed by atoms with Crippen LogP contribution in [-0.4, -0.2) is 32.3 Å². The summed E-state index contributed by atoms with van der Waals surface area (Å²) in [4.78, 5) is 4.64. The molecule has 1 aromatic rings. The molecule has 1 fully saturated rings. The van der Waals surface area contributed by atoms with Gasteiger partial charge >= 0.3 is 0 Å². The van der Waals surface area contributed by atoms with Crippen molar-refractivity contribution in [1.82, 2.24) is 10.6 Å². The highest BCUT2D eigenvalue weighted by atomic mass is 16.5. The molecule has 5 nitrogen and oxygen atoms in total. The van der Waals surface area contributed by atoms with Crippen LogP contribution in [0.5, 0.6) is 11.5 Å². The van der Waals surface area contributed by atoms with Crippen LogP contribution in [0.15, 0.2) is 23.2 Å². The first-order valence-electron chi connectivity index (χ1n) is 8.62. The first kappa shape index (κ1) is 17.4. The van der Waals surface area contributed by atoms with Gasteiger partial charge in [0.1, 0.15) is 11.5 Å². The summed E-state index contributed by atoms with van der Waals surface area (Å²) >= 11 is 0. The fourth-order valence-electron chi connectivity index (χ4n) is 2.76. The number of aliphatic imine (C=N–C) groups is 1. The van der Waals surface area contributed by atoms with E-state index in [9.17, 15) is 0 Å². The van der Waals surface area contributed by atoms with Crippen molar-refractivity contribution >= 4 is 5.96 Å². The van der Waals surface area contributed by atoms with Crippen LogP contribution >= 0.6 is 0 Å². The fourth-order valence-corrected chi connectivity index (χ4v) is 2.76.